The molecule has 1 aromatic heterocycles. The van der Waals surface area contributed by atoms with Crippen LogP contribution < -0.4 is 5.56 Å². The molecule has 0 saturated carbocycles. The smallest absolute Gasteiger partial charge is 0.251 e. The molecule has 1 rings (SSSR count). The molecule has 0 aliphatic carbocycles. The van der Waals surface area contributed by atoms with E-state index >= 15 is 0 Å². The van der Waals surface area contributed by atoms with Gasteiger partial charge in [0, 0.05) is 11.8 Å². The van der Waals surface area contributed by atoms with Crippen molar-refractivity contribution in [2.45, 2.75) is 12.8 Å². The van der Waals surface area contributed by atoms with Gasteiger partial charge in [-0.3, -0.25) is 9.78 Å². The fraction of sp³-hybridized carbons (Fsp3) is 0.250. The quantitative estimate of drug-likeness (QED) is 0.550. The van der Waals surface area contributed by atoms with Gasteiger partial charge in [-0.1, -0.05) is 6.08 Å². The summed E-state index contributed by atoms with van der Waals surface area (Å²) in [5.74, 6) is 0. The summed E-state index contributed by atoms with van der Waals surface area (Å²) in [6.07, 6.45) is 3.42. The first-order valence-electron chi connectivity index (χ1n) is 3.66. The van der Waals surface area contributed by atoms with E-state index < -0.39 is 0 Å². The molecule has 0 unspecified atom stereocenters. The van der Waals surface area contributed by atoms with Crippen LogP contribution in [0.25, 0.3) is 0 Å². The van der Waals surface area contributed by atoms with Gasteiger partial charge in [0.05, 0.1) is 0 Å². The highest BCUT2D eigenvalue weighted by Crippen LogP contribution is 1.95. The molecule has 0 saturated heterocycles. The van der Waals surface area contributed by atoms with Crippen molar-refractivity contribution >= 4 is 12.2 Å². The van der Waals surface area contributed by atoms with E-state index in [9.17, 15) is 4.79 Å². The van der Waals surface area contributed by atoms with Crippen LogP contribution in [-0.2, 0) is 6.42 Å². The molecule has 0 aliphatic heterocycles. The molecule has 1 heterocycles. The Morgan fingerprint density at radius 2 is 2.33 bits per heavy atom. The Hall–Kier alpha value is -1.16. The fourth-order valence-corrected chi connectivity index (χ4v) is 1.14. The van der Waals surface area contributed by atoms with Crippen molar-refractivity contribution in [3.05, 3.63) is 39.5 Å². The molecule has 4 heteroatoms. The Morgan fingerprint density at radius 3 is 2.92 bits per heavy atom. The second kappa shape index (κ2) is 4.01. The van der Waals surface area contributed by atoms with E-state index in [-0.39, 0.29) is 5.56 Å². The Bertz CT molecular complexity index is 349. The number of hydrogen-bond acceptors (Lipinski definition) is 2. The number of rotatable bonds is 3. The van der Waals surface area contributed by atoms with Crippen LogP contribution in [0.3, 0.4) is 0 Å². The monoisotopic (exact) mass is 182 g/mol. The SMILES string of the molecule is C=CCCc1cc(=O)[nH]c(=S)[nH]1. The zero-order valence-corrected chi connectivity index (χ0v) is 7.41. The average molecular weight is 182 g/mol. The van der Waals surface area contributed by atoms with Gasteiger partial charge in [0.15, 0.2) is 4.77 Å². The van der Waals surface area contributed by atoms with E-state index in [1.165, 1.54) is 6.07 Å². The molecule has 0 fully saturated rings. The molecular weight excluding hydrogens is 172 g/mol. The fourth-order valence-electron chi connectivity index (χ4n) is 0.912. The van der Waals surface area contributed by atoms with E-state index in [4.69, 9.17) is 12.2 Å². The third-order valence-electron chi connectivity index (χ3n) is 1.43. The first-order chi connectivity index (χ1) is 5.72. The zero-order valence-electron chi connectivity index (χ0n) is 6.59. The maximum atomic E-state index is 10.9. The van der Waals surface area contributed by atoms with Crippen molar-refractivity contribution in [2.75, 3.05) is 0 Å². The van der Waals surface area contributed by atoms with E-state index in [0.29, 0.717) is 4.77 Å². The molecule has 1 aromatic rings. The first kappa shape index (κ1) is 8.93. The van der Waals surface area contributed by atoms with E-state index in [2.05, 4.69) is 16.5 Å². The largest absolute Gasteiger partial charge is 0.336 e. The standard InChI is InChI=1S/C8H10N2OS/c1-2-3-4-6-5-7(11)10-8(12)9-6/h2,5H,1,3-4H2,(H2,9,10,11,12). The van der Waals surface area contributed by atoms with Crippen LogP contribution in [0.4, 0.5) is 0 Å². The van der Waals surface area contributed by atoms with Crippen molar-refractivity contribution in [1.82, 2.24) is 9.97 Å². The van der Waals surface area contributed by atoms with Crippen LogP contribution in [-0.4, -0.2) is 9.97 Å². The molecule has 0 atom stereocenters. The van der Waals surface area contributed by atoms with Crippen LogP contribution in [0.2, 0.25) is 0 Å². The topological polar surface area (TPSA) is 48.6 Å². The van der Waals surface area contributed by atoms with Crippen LogP contribution in [0.15, 0.2) is 23.5 Å². The molecule has 2 N–H and O–H groups in total. The molecule has 0 aliphatic rings. The Morgan fingerprint density at radius 1 is 1.58 bits per heavy atom. The summed E-state index contributed by atoms with van der Waals surface area (Å²) in [5, 5.41) is 0. The number of H-pyrrole nitrogens is 2. The molecule has 0 spiro atoms. The Balaban J connectivity index is 2.93. The Labute approximate surface area is 75.2 Å². The summed E-state index contributed by atoms with van der Waals surface area (Å²) in [4.78, 5) is 16.3. The van der Waals surface area contributed by atoms with Crippen molar-refractivity contribution in [2.24, 2.45) is 0 Å². The molecule has 64 valence electrons. The maximum Gasteiger partial charge on any atom is 0.251 e. The zero-order chi connectivity index (χ0) is 8.97. The summed E-state index contributed by atoms with van der Waals surface area (Å²) >= 11 is 4.80. The predicted octanol–water partition coefficient (Wildman–Crippen LogP) is 1.55. The molecule has 0 aromatic carbocycles. The van der Waals surface area contributed by atoms with Crippen LogP contribution in [0.5, 0.6) is 0 Å². The summed E-state index contributed by atoms with van der Waals surface area (Å²) in [5.41, 5.74) is 0.696. The van der Waals surface area contributed by atoms with E-state index in [0.717, 1.165) is 18.5 Å². The highest BCUT2D eigenvalue weighted by Gasteiger charge is 1.92. The van der Waals surface area contributed by atoms with Gasteiger partial charge in [-0.25, -0.2) is 0 Å². The van der Waals surface area contributed by atoms with E-state index in [1.807, 2.05) is 0 Å². The van der Waals surface area contributed by atoms with Crippen molar-refractivity contribution in [3.63, 3.8) is 0 Å². The molecule has 0 bridgehead atoms. The third-order valence-corrected chi connectivity index (χ3v) is 1.64. The first-order valence-corrected chi connectivity index (χ1v) is 4.06. The van der Waals surface area contributed by atoms with Crippen LogP contribution >= 0.6 is 12.2 Å². The van der Waals surface area contributed by atoms with Gasteiger partial charge in [0.2, 0.25) is 0 Å². The second-order valence-corrected chi connectivity index (χ2v) is 2.85. The van der Waals surface area contributed by atoms with Gasteiger partial charge in [-0.05, 0) is 25.1 Å². The number of allylic oxidation sites excluding steroid dienone is 1. The van der Waals surface area contributed by atoms with Gasteiger partial charge in [-0.2, -0.15) is 0 Å². The van der Waals surface area contributed by atoms with Gasteiger partial charge in [0.25, 0.3) is 5.56 Å². The average Bonchev–Trinajstić information content (AvgIpc) is 1.99. The number of aromatic amines is 2. The molecule has 0 radical (unpaired) electrons. The van der Waals surface area contributed by atoms with Gasteiger partial charge in [0.1, 0.15) is 0 Å². The summed E-state index contributed by atoms with van der Waals surface area (Å²) in [6, 6.07) is 1.51. The minimum atomic E-state index is -0.155. The molecule has 3 nitrogen and oxygen atoms in total. The number of nitrogens with one attached hydrogen (secondary N) is 2. The molecule has 12 heavy (non-hydrogen) atoms. The summed E-state index contributed by atoms with van der Waals surface area (Å²) < 4.78 is 0.376. The number of aromatic nitrogens is 2. The van der Waals surface area contributed by atoms with E-state index in [1.54, 1.807) is 6.08 Å². The van der Waals surface area contributed by atoms with Gasteiger partial charge < -0.3 is 4.98 Å². The highest BCUT2D eigenvalue weighted by molar-refractivity contribution is 7.71. The van der Waals surface area contributed by atoms with Crippen molar-refractivity contribution in [3.8, 4) is 0 Å². The molecule has 0 amide bonds. The minimum Gasteiger partial charge on any atom is -0.336 e. The maximum absolute atomic E-state index is 10.9. The van der Waals surface area contributed by atoms with Crippen molar-refractivity contribution < 1.29 is 0 Å². The molecular formula is C8H10N2OS. The third kappa shape index (κ3) is 2.47. The predicted molar refractivity (Wildman–Crippen MR) is 50.8 cm³/mol. The van der Waals surface area contributed by atoms with Crippen molar-refractivity contribution in [1.29, 1.82) is 0 Å². The second-order valence-electron chi connectivity index (χ2n) is 2.44. The lowest BCUT2D eigenvalue weighted by Crippen LogP contribution is -2.08. The Kier molecular flexibility index (Phi) is 2.99. The lowest BCUT2D eigenvalue weighted by atomic mass is 10.2. The minimum absolute atomic E-state index is 0.155. The summed E-state index contributed by atoms with van der Waals surface area (Å²) in [7, 11) is 0. The van der Waals surface area contributed by atoms with Gasteiger partial charge in [-0.15, -0.1) is 6.58 Å². The normalized spacial score (nSPS) is 9.67. The lowest BCUT2D eigenvalue weighted by Gasteiger charge is -1.96. The number of hydrogen-bond donors (Lipinski definition) is 2. The van der Waals surface area contributed by atoms with Crippen LogP contribution in [0.1, 0.15) is 12.1 Å². The van der Waals surface area contributed by atoms with Crippen LogP contribution in [0, 0.1) is 4.77 Å². The lowest BCUT2D eigenvalue weighted by molar-refractivity contribution is 0.908. The van der Waals surface area contributed by atoms with Gasteiger partial charge >= 0.3 is 0 Å². The summed E-state index contributed by atoms with van der Waals surface area (Å²) in [6.45, 7) is 3.59. The highest BCUT2D eigenvalue weighted by atomic mass is 32.1. The number of aryl methyl sites for hydroxylation is 1.